The van der Waals surface area contributed by atoms with Gasteiger partial charge in [-0.15, -0.1) is 0 Å². The minimum atomic E-state index is 0.0585. The van der Waals surface area contributed by atoms with Crippen LogP contribution in [-0.2, 0) is 6.61 Å². The summed E-state index contributed by atoms with van der Waals surface area (Å²) >= 11 is 0. The van der Waals surface area contributed by atoms with Gasteiger partial charge in [0.1, 0.15) is 0 Å². The highest BCUT2D eigenvalue weighted by Crippen LogP contribution is 2.25. The van der Waals surface area contributed by atoms with Gasteiger partial charge in [-0.1, -0.05) is 30.3 Å². The zero-order valence-electron chi connectivity index (χ0n) is 8.20. The van der Waals surface area contributed by atoms with Gasteiger partial charge in [-0.05, 0) is 22.9 Å². The lowest BCUT2D eigenvalue weighted by Gasteiger charge is -1.97. The van der Waals surface area contributed by atoms with Crippen LogP contribution in [0.1, 0.15) is 5.69 Å². The molecule has 0 bridgehead atoms. The van der Waals surface area contributed by atoms with Crippen LogP contribution < -0.4 is 0 Å². The maximum atomic E-state index is 9.08. The number of hydrogen-bond donors (Lipinski definition) is 2. The second-order valence-electron chi connectivity index (χ2n) is 3.70. The molecule has 1 heterocycles. The molecule has 2 N–H and O–H groups in total. The van der Waals surface area contributed by atoms with E-state index in [0.29, 0.717) is 0 Å². The van der Waals surface area contributed by atoms with Gasteiger partial charge in [0.25, 0.3) is 0 Å². The molecule has 15 heavy (non-hydrogen) atoms. The number of H-pyrrole nitrogens is 1. The van der Waals surface area contributed by atoms with E-state index in [1.54, 1.807) is 0 Å². The zero-order chi connectivity index (χ0) is 10.3. The summed E-state index contributed by atoms with van der Waals surface area (Å²) in [5.41, 5.74) is 1.94. The van der Waals surface area contributed by atoms with Gasteiger partial charge in [0, 0.05) is 16.6 Å². The van der Waals surface area contributed by atoms with E-state index in [-0.39, 0.29) is 6.61 Å². The van der Waals surface area contributed by atoms with Crippen LogP contribution in [-0.4, -0.2) is 10.1 Å². The summed E-state index contributed by atoms with van der Waals surface area (Å²) in [5.74, 6) is 0. The molecule has 0 unspecified atom stereocenters. The Balaban J connectivity index is 2.47. The first-order valence-corrected chi connectivity index (χ1v) is 4.99. The number of hydrogen-bond acceptors (Lipinski definition) is 1. The van der Waals surface area contributed by atoms with Crippen LogP contribution in [0.25, 0.3) is 21.7 Å². The van der Waals surface area contributed by atoms with Crippen LogP contribution in [0.3, 0.4) is 0 Å². The third-order valence-electron chi connectivity index (χ3n) is 2.75. The summed E-state index contributed by atoms with van der Waals surface area (Å²) in [6.45, 7) is 0.0585. The molecule has 2 heteroatoms. The molecule has 0 spiro atoms. The standard InChI is InChI=1S/C13H11NO/c15-8-10-7-12-11-4-2-1-3-9(11)5-6-13(12)14-10/h1-7,14-15H,8H2. The van der Waals surface area contributed by atoms with E-state index in [4.69, 9.17) is 5.11 Å². The molecule has 0 fully saturated rings. The fraction of sp³-hybridized carbons (Fsp3) is 0.0769. The minimum absolute atomic E-state index is 0.0585. The molecule has 0 aliphatic rings. The van der Waals surface area contributed by atoms with Crippen molar-refractivity contribution in [2.45, 2.75) is 6.61 Å². The van der Waals surface area contributed by atoms with Gasteiger partial charge in [0.05, 0.1) is 6.61 Å². The van der Waals surface area contributed by atoms with Gasteiger partial charge >= 0.3 is 0 Å². The first kappa shape index (κ1) is 8.50. The van der Waals surface area contributed by atoms with E-state index < -0.39 is 0 Å². The summed E-state index contributed by atoms with van der Waals surface area (Å²) in [7, 11) is 0. The van der Waals surface area contributed by atoms with Crippen molar-refractivity contribution in [2.75, 3.05) is 0 Å². The second kappa shape index (κ2) is 3.11. The molecule has 1 aromatic heterocycles. The number of aromatic nitrogens is 1. The van der Waals surface area contributed by atoms with Crippen molar-refractivity contribution in [3.63, 3.8) is 0 Å². The SMILES string of the molecule is OCc1cc2c(ccc3ccccc32)[nH]1. The molecule has 0 amide bonds. The monoisotopic (exact) mass is 197 g/mol. The van der Waals surface area contributed by atoms with E-state index in [1.165, 1.54) is 16.2 Å². The van der Waals surface area contributed by atoms with E-state index in [1.807, 2.05) is 18.2 Å². The predicted octanol–water partition coefficient (Wildman–Crippen LogP) is 2.81. The summed E-state index contributed by atoms with van der Waals surface area (Å²) in [6.07, 6.45) is 0. The molecule has 2 nitrogen and oxygen atoms in total. The van der Waals surface area contributed by atoms with Crippen molar-refractivity contribution in [3.05, 3.63) is 48.2 Å². The lowest BCUT2D eigenvalue weighted by Crippen LogP contribution is -1.78. The molecule has 0 aliphatic carbocycles. The van der Waals surface area contributed by atoms with Crippen LogP contribution in [0.4, 0.5) is 0 Å². The van der Waals surface area contributed by atoms with Crippen LogP contribution in [0.5, 0.6) is 0 Å². The topological polar surface area (TPSA) is 36.0 Å². The Bertz CT molecular complexity index is 625. The van der Waals surface area contributed by atoms with Crippen molar-refractivity contribution in [1.82, 2.24) is 4.98 Å². The van der Waals surface area contributed by atoms with Gasteiger partial charge in [-0.3, -0.25) is 0 Å². The van der Waals surface area contributed by atoms with Crippen molar-refractivity contribution < 1.29 is 5.11 Å². The van der Waals surface area contributed by atoms with Crippen molar-refractivity contribution in [2.24, 2.45) is 0 Å². The van der Waals surface area contributed by atoms with Gasteiger partial charge in [0.2, 0.25) is 0 Å². The summed E-state index contributed by atoms with van der Waals surface area (Å²) in [5, 5.41) is 12.7. The Morgan fingerprint density at radius 2 is 1.87 bits per heavy atom. The van der Waals surface area contributed by atoms with Gasteiger partial charge < -0.3 is 10.1 Å². The summed E-state index contributed by atoms with van der Waals surface area (Å²) < 4.78 is 0. The number of fused-ring (bicyclic) bond motifs is 3. The third kappa shape index (κ3) is 1.22. The number of aromatic amines is 1. The molecule has 0 atom stereocenters. The number of benzene rings is 2. The molecular formula is C13H11NO. The van der Waals surface area contributed by atoms with Crippen LogP contribution in [0.2, 0.25) is 0 Å². The number of aliphatic hydroxyl groups excluding tert-OH is 1. The Kier molecular flexibility index (Phi) is 1.76. The zero-order valence-corrected chi connectivity index (χ0v) is 8.20. The van der Waals surface area contributed by atoms with Crippen molar-refractivity contribution in [1.29, 1.82) is 0 Å². The molecule has 0 saturated heterocycles. The third-order valence-corrected chi connectivity index (χ3v) is 2.75. The lowest BCUT2D eigenvalue weighted by molar-refractivity contribution is 0.278. The highest BCUT2D eigenvalue weighted by Gasteiger charge is 2.03. The van der Waals surface area contributed by atoms with Gasteiger partial charge in [0.15, 0.2) is 0 Å². The fourth-order valence-corrected chi connectivity index (χ4v) is 2.03. The molecule has 0 saturated carbocycles. The maximum Gasteiger partial charge on any atom is 0.0831 e. The highest BCUT2D eigenvalue weighted by atomic mass is 16.3. The smallest absolute Gasteiger partial charge is 0.0831 e. The van der Waals surface area contributed by atoms with Gasteiger partial charge in [-0.25, -0.2) is 0 Å². The van der Waals surface area contributed by atoms with E-state index in [2.05, 4.69) is 29.2 Å². The minimum Gasteiger partial charge on any atom is -0.390 e. The average Bonchev–Trinajstić information content (AvgIpc) is 2.72. The average molecular weight is 197 g/mol. The Morgan fingerprint density at radius 3 is 2.73 bits per heavy atom. The molecule has 3 aromatic rings. The Labute approximate surface area is 87.2 Å². The first-order chi connectivity index (χ1) is 7.38. The summed E-state index contributed by atoms with van der Waals surface area (Å²) in [6, 6.07) is 14.4. The summed E-state index contributed by atoms with van der Waals surface area (Å²) in [4.78, 5) is 3.19. The molecule has 0 aliphatic heterocycles. The molecular weight excluding hydrogens is 186 g/mol. The first-order valence-electron chi connectivity index (χ1n) is 4.99. The highest BCUT2D eigenvalue weighted by molar-refractivity contribution is 6.06. The number of nitrogens with one attached hydrogen (secondary N) is 1. The predicted molar refractivity (Wildman–Crippen MR) is 61.7 cm³/mol. The lowest BCUT2D eigenvalue weighted by atomic mass is 10.1. The van der Waals surface area contributed by atoms with Crippen LogP contribution >= 0.6 is 0 Å². The fourth-order valence-electron chi connectivity index (χ4n) is 2.03. The van der Waals surface area contributed by atoms with Gasteiger partial charge in [-0.2, -0.15) is 0 Å². The van der Waals surface area contributed by atoms with Crippen molar-refractivity contribution >= 4 is 21.7 Å². The van der Waals surface area contributed by atoms with Crippen LogP contribution in [0.15, 0.2) is 42.5 Å². The molecule has 2 aromatic carbocycles. The second-order valence-corrected chi connectivity index (χ2v) is 3.70. The molecule has 74 valence electrons. The normalized spacial score (nSPS) is 11.3. The largest absolute Gasteiger partial charge is 0.390 e. The number of aliphatic hydroxyl groups is 1. The quantitative estimate of drug-likeness (QED) is 0.618. The Hall–Kier alpha value is -1.80. The van der Waals surface area contributed by atoms with E-state index >= 15 is 0 Å². The maximum absolute atomic E-state index is 9.08. The van der Waals surface area contributed by atoms with E-state index in [0.717, 1.165) is 11.2 Å². The number of rotatable bonds is 1. The van der Waals surface area contributed by atoms with Crippen LogP contribution in [0, 0.1) is 0 Å². The Morgan fingerprint density at radius 1 is 1.00 bits per heavy atom. The van der Waals surface area contributed by atoms with Crippen molar-refractivity contribution in [3.8, 4) is 0 Å². The van der Waals surface area contributed by atoms with E-state index in [9.17, 15) is 0 Å². The molecule has 3 rings (SSSR count). The molecule has 0 radical (unpaired) electrons.